The Morgan fingerprint density at radius 2 is 1.95 bits per heavy atom. The van der Waals surface area contributed by atoms with Crippen LogP contribution >= 0.6 is 0 Å². The number of allylic oxidation sites excluding steroid dienone is 1. The van der Waals surface area contributed by atoms with Crippen LogP contribution in [0.15, 0.2) is 24.3 Å². The number of esters is 1. The van der Waals surface area contributed by atoms with Crippen LogP contribution in [-0.2, 0) is 9.59 Å². The first kappa shape index (κ1) is 17.8. The highest BCUT2D eigenvalue weighted by molar-refractivity contribution is 5.89. The van der Waals surface area contributed by atoms with Gasteiger partial charge in [0.25, 0.3) is 0 Å². The van der Waals surface area contributed by atoms with E-state index in [-0.39, 0.29) is 12.4 Å². The average Bonchev–Trinajstić information content (AvgIpc) is 2.48. The van der Waals surface area contributed by atoms with E-state index in [1.807, 2.05) is 0 Å². The molecule has 0 saturated carbocycles. The van der Waals surface area contributed by atoms with E-state index in [4.69, 9.17) is 14.6 Å². The van der Waals surface area contributed by atoms with Crippen LogP contribution < -0.4 is 9.47 Å². The lowest BCUT2D eigenvalue weighted by Gasteiger charge is -2.13. The Balaban J connectivity index is 3.07. The predicted octanol–water partition coefficient (Wildman–Crippen LogP) is 3.67. The summed E-state index contributed by atoms with van der Waals surface area (Å²) in [7, 11) is 0. The molecule has 0 atom stereocenters. The summed E-state index contributed by atoms with van der Waals surface area (Å²) in [6.45, 7) is 5.99. The van der Waals surface area contributed by atoms with Crippen LogP contribution in [-0.4, -0.2) is 23.7 Å². The Bertz CT molecular complexity index is 560. The third kappa shape index (κ3) is 5.60. The molecule has 0 saturated heterocycles. The van der Waals surface area contributed by atoms with E-state index in [9.17, 15) is 9.59 Å². The zero-order valence-electron chi connectivity index (χ0n) is 13.2. The minimum absolute atomic E-state index is 0.272. The molecule has 0 aliphatic carbocycles. The van der Waals surface area contributed by atoms with Gasteiger partial charge in [-0.05, 0) is 36.6 Å². The second kappa shape index (κ2) is 8.87. The minimum atomic E-state index is -1.01. The van der Waals surface area contributed by atoms with Crippen LogP contribution in [0.2, 0.25) is 0 Å². The number of aliphatic carboxylic acids is 1. The fraction of sp³-hybridized carbons (Fsp3) is 0.412. The van der Waals surface area contributed by atoms with E-state index in [0.717, 1.165) is 18.9 Å². The maximum absolute atomic E-state index is 11.5. The smallest absolute Gasteiger partial charge is 0.328 e. The van der Waals surface area contributed by atoms with Crippen molar-refractivity contribution >= 4 is 17.5 Å². The first-order chi connectivity index (χ1) is 10.5. The molecule has 0 aromatic heterocycles. The molecule has 1 aromatic rings. The molecule has 5 heteroatoms. The van der Waals surface area contributed by atoms with Crippen LogP contribution in [0.25, 0.3) is 5.57 Å². The maximum atomic E-state index is 11.5. The highest BCUT2D eigenvalue weighted by Gasteiger charge is 2.11. The van der Waals surface area contributed by atoms with E-state index in [1.54, 1.807) is 32.0 Å². The van der Waals surface area contributed by atoms with Gasteiger partial charge in [0, 0.05) is 12.5 Å². The molecule has 0 amide bonds. The first-order valence-electron chi connectivity index (χ1n) is 7.37. The molecule has 22 heavy (non-hydrogen) atoms. The normalized spacial score (nSPS) is 11.1. The van der Waals surface area contributed by atoms with Crippen molar-refractivity contribution in [2.45, 2.75) is 40.0 Å². The third-order valence-electron chi connectivity index (χ3n) is 3.01. The van der Waals surface area contributed by atoms with Gasteiger partial charge in [0.2, 0.25) is 0 Å². The van der Waals surface area contributed by atoms with Crippen LogP contribution in [0, 0.1) is 0 Å². The molecule has 1 N–H and O–H groups in total. The number of carbonyl (C=O) groups is 2. The van der Waals surface area contributed by atoms with Gasteiger partial charge >= 0.3 is 11.9 Å². The lowest BCUT2D eigenvalue weighted by atomic mass is 10.1. The van der Waals surface area contributed by atoms with Crippen LogP contribution in [0.5, 0.6) is 11.5 Å². The number of hydrogen-bond donors (Lipinski definition) is 1. The van der Waals surface area contributed by atoms with Crippen molar-refractivity contribution in [3.63, 3.8) is 0 Å². The Morgan fingerprint density at radius 3 is 2.55 bits per heavy atom. The summed E-state index contributed by atoms with van der Waals surface area (Å²) >= 11 is 0. The molecular formula is C17H22O5. The molecule has 0 spiro atoms. The summed E-state index contributed by atoms with van der Waals surface area (Å²) in [5.74, 6) is -0.543. The number of carboxylic acids is 1. The van der Waals surface area contributed by atoms with E-state index >= 15 is 0 Å². The Kier molecular flexibility index (Phi) is 7.16. The Labute approximate surface area is 130 Å². The largest absolute Gasteiger partial charge is 0.490 e. The summed E-state index contributed by atoms with van der Waals surface area (Å²) in [5.41, 5.74) is 1.31. The first-order valence-corrected chi connectivity index (χ1v) is 7.37. The monoisotopic (exact) mass is 306 g/mol. The van der Waals surface area contributed by atoms with Crippen molar-refractivity contribution in [1.82, 2.24) is 0 Å². The molecule has 120 valence electrons. The molecule has 0 aliphatic rings. The van der Waals surface area contributed by atoms with Gasteiger partial charge in [-0.25, -0.2) is 4.79 Å². The van der Waals surface area contributed by atoms with Crippen molar-refractivity contribution in [3.8, 4) is 11.5 Å². The number of carboxylic acid groups (broad SMARTS) is 1. The maximum Gasteiger partial charge on any atom is 0.328 e. The van der Waals surface area contributed by atoms with Crippen molar-refractivity contribution in [2.75, 3.05) is 6.61 Å². The molecule has 0 bridgehead atoms. The van der Waals surface area contributed by atoms with E-state index in [0.29, 0.717) is 29.2 Å². The van der Waals surface area contributed by atoms with Gasteiger partial charge in [0.15, 0.2) is 11.5 Å². The molecule has 0 unspecified atom stereocenters. The molecule has 1 rings (SSSR count). The number of unbranched alkanes of at least 4 members (excludes halogenated alkanes) is 1. The highest BCUT2D eigenvalue weighted by atomic mass is 16.6. The van der Waals surface area contributed by atoms with Gasteiger partial charge in [-0.1, -0.05) is 26.3 Å². The van der Waals surface area contributed by atoms with Gasteiger partial charge in [-0.3, -0.25) is 4.79 Å². The highest BCUT2D eigenvalue weighted by Crippen LogP contribution is 2.31. The molecule has 0 fully saturated rings. The number of hydrogen-bond acceptors (Lipinski definition) is 4. The van der Waals surface area contributed by atoms with Crippen molar-refractivity contribution in [1.29, 1.82) is 0 Å². The fourth-order valence-corrected chi connectivity index (χ4v) is 1.74. The minimum Gasteiger partial charge on any atom is -0.490 e. The summed E-state index contributed by atoms with van der Waals surface area (Å²) in [6.07, 6.45) is 3.27. The van der Waals surface area contributed by atoms with E-state index in [2.05, 4.69) is 6.92 Å². The second-order valence-electron chi connectivity index (χ2n) is 4.86. The van der Waals surface area contributed by atoms with Gasteiger partial charge in [-0.15, -0.1) is 0 Å². The lowest BCUT2D eigenvalue weighted by Crippen LogP contribution is -2.08. The predicted molar refractivity (Wildman–Crippen MR) is 84.1 cm³/mol. The molecule has 5 nitrogen and oxygen atoms in total. The van der Waals surface area contributed by atoms with E-state index < -0.39 is 5.97 Å². The number of rotatable bonds is 8. The Hall–Kier alpha value is -2.30. The van der Waals surface area contributed by atoms with Crippen molar-refractivity contribution in [3.05, 3.63) is 29.8 Å². The number of benzene rings is 1. The average molecular weight is 306 g/mol. The van der Waals surface area contributed by atoms with Gasteiger partial charge in [0.1, 0.15) is 0 Å². The second-order valence-corrected chi connectivity index (χ2v) is 4.86. The zero-order valence-corrected chi connectivity index (χ0v) is 13.2. The van der Waals surface area contributed by atoms with Crippen molar-refractivity contribution in [2.24, 2.45) is 0 Å². The summed E-state index contributed by atoms with van der Waals surface area (Å²) in [4.78, 5) is 22.2. The van der Waals surface area contributed by atoms with Gasteiger partial charge in [0.05, 0.1) is 6.61 Å². The van der Waals surface area contributed by atoms with Crippen molar-refractivity contribution < 1.29 is 24.2 Å². The third-order valence-corrected chi connectivity index (χ3v) is 3.01. The summed E-state index contributed by atoms with van der Waals surface area (Å²) < 4.78 is 10.9. The molecule has 0 aliphatic heterocycles. The Morgan fingerprint density at radius 1 is 1.23 bits per heavy atom. The number of carbonyl (C=O) groups excluding carboxylic acids is 1. The fourth-order valence-electron chi connectivity index (χ4n) is 1.74. The molecule has 1 aromatic carbocycles. The standard InChI is InChI=1S/C17H22O5/c1-4-6-9-21-15-11-13(12(3)10-16(18)19)7-8-14(15)22-17(20)5-2/h7-8,10-11H,4-6,9H2,1-3H3,(H,18,19). The molecule has 0 heterocycles. The summed E-state index contributed by atoms with van der Waals surface area (Å²) in [6, 6.07) is 5.03. The molecule has 0 radical (unpaired) electrons. The lowest BCUT2D eigenvalue weighted by molar-refractivity contribution is -0.134. The van der Waals surface area contributed by atoms with E-state index in [1.165, 1.54) is 0 Å². The summed E-state index contributed by atoms with van der Waals surface area (Å²) in [5, 5.41) is 8.82. The zero-order chi connectivity index (χ0) is 16.5. The SMILES string of the molecule is CCCCOc1cc(C(C)=CC(=O)O)ccc1OC(=O)CC. The van der Waals surface area contributed by atoms with Crippen LogP contribution in [0.3, 0.4) is 0 Å². The topological polar surface area (TPSA) is 72.8 Å². The van der Waals surface area contributed by atoms with Gasteiger partial charge in [-0.2, -0.15) is 0 Å². The van der Waals surface area contributed by atoms with Crippen LogP contribution in [0.1, 0.15) is 45.6 Å². The van der Waals surface area contributed by atoms with Crippen LogP contribution in [0.4, 0.5) is 0 Å². The quantitative estimate of drug-likeness (QED) is 0.343. The van der Waals surface area contributed by atoms with Gasteiger partial charge < -0.3 is 14.6 Å². The molecular weight excluding hydrogens is 284 g/mol. The number of ether oxygens (including phenoxy) is 2.